The molecule has 0 spiro atoms. The molecule has 4 rings (SSSR count). The zero-order valence-electron chi connectivity index (χ0n) is 15.9. The first kappa shape index (κ1) is 19.1. The van der Waals surface area contributed by atoms with Gasteiger partial charge in [-0.15, -0.1) is 5.10 Å². The van der Waals surface area contributed by atoms with Gasteiger partial charge in [-0.2, -0.15) is 5.10 Å². The highest BCUT2D eigenvalue weighted by molar-refractivity contribution is 6.31. The minimum Gasteiger partial charge on any atom is -0.321 e. The lowest BCUT2D eigenvalue weighted by molar-refractivity contribution is -0.116. The molecule has 0 aliphatic carbocycles. The Morgan fingerprint density at radius 2 is 1.97 bits per heavy atom. The van der Waals surface area contributed by atoms with Crippen LogP contribution in [0.1, 0.15) is 17.0 Å². The fourth-order valence-corrected chi connectivity index (χ4v) is 3.42. The minimum atomic E-state index is -0.388. The summed E-state index contributed by atoms with van der Waals surface area (Å²) < 4.78 is 16.5. The van der Waals surface area contributed by atoms with Gasteiger partial charge in [0, 0.05) is 5.02 Å². The van der Waals surface area contributed by atoms with Crippen LogP contribution in [-0.4, -0.2) is 30.7 Å². The monoisotopic (exact) mass is 412 g/mol. The van der Waals surface area contributed by atoms with Crippen LogP contribution in [0.5, 0.6) is 0 Å². The third-order valence-corrected chi connectivity index (χ3v) is 5.05. The highest BCUT2D eigenvalue weighted by Gasteiger charge is 2.16. The molecule has 148 valence electrons. The van der Waals surface area contributed by atoms with Crippen molar-refractivity contribution in [1.29, 1.82) is 0 Å². The molecule has 0 bridgehead atoms. The zero-order valence-corrected chi connectivity index (χ0v) is 16.6. The Labute approximate surface area is 171 Å². The normalized spacial score (nSPS) is 11.2. The molecule has 0 saturated carbocycles. The lowest BCUT2D eigenvalue weighted by atomic mass is 10.2. The molecule has 0 fully saturated rings. The number of fused-ring (bicyclic) bond motifs is 1. The number of carbonyl (C=O) groups is 1. The van der Waals surface area contributed by atoms with Crippen molar-refractivity contribution in [3.8, 4) is 0 Å². The third-order valence-electron chi connectivity index (χ3n) is 4.69. The molecule has 1 N–H and O–H groups in total. The minimum absolute atomic E-state index is 0.0361. The van der Waals surface area contributed by atoms with Crippen LogP contribution in [0, 0.1) is 19.7 Å². The molecule has 0 atom stereocenters. The second-order valence-corrected chi connectivity index (χ2v) is 7.13. The van der Waals surface area contributed by atoms with E-state index in [1.165, 1.54) is 12.1 Å². The van der Waals surface area contributed by atoms with Gasteiger partial charge in [0.25, 0.3) is 0 Å². The average Bonchev–Trinajstić information content (AvgIpc) is 3.20. The van der Waals surface area contributed by atoms with Crippen molar-refractivity contribution in [1.82, 2.24) is 24.8 Å². The number of hydrogen-bond acceptors (Lipinski definition) is 4. The Balaban J connectivity index is 1.52. The van der Waals surface area contributed by atoms with Gasteiger partial charge in [-0.25, -0.2) is 9.07 Å². The SMILES string of the molecule is Cc1nn(Cc2ccc(F)cc2Cl)c(C)c1NC(=O)Cn1nnc2ccccc21. The lowest BCUT2D eigenvalue weighted by Crippen LogP contribution is -2.20. The van der Waals surface area contributed by atoms with Crippen LogP contribution in [0.15, 0.2) is 42.5 Å². The van der Waals surface area contributed by atoms with Crippen molar-refractivity contribution in [2.75, 3.05) is 5.32 Å². The predicted octanol–water partition coefficient (Wildman–Crippen LogP) is 3.72. The van der Waals surface area contributed by atoms with E-state index in [-0.39, 0.29) is 18.3 Å². The van der Waals surface area contributed by atoms with E-state index in [0.29, 0.717) is 22.9 Å². The number of nitrogens with zero attached hydrogens (tertiary/aromatic N) is 5. The number of aryl methyl sites for hydroxylation is 1. The summed E-state index contributed by atoms with van der Waals surface area (Å²) in [5, 5.41) is 15.8. The van der Waals surface area contributed by atoms with Gasteiger partial charge >= 0.3 is 0 Å². The van der Waals surface area contributed by atoms with E-state index in [9.17, 15) is 9.18 Å². The van der Waals surface area contributed by atoms with Crippen LogP contribution in [0.4, 0.5) is 10.1 Å². The molecule has 4 aromatic rings. The third kappa shape index (κ3) is 3.84. The number of carbonyl (C=O) groups excluding carboxylic acids is 1. The number of para-hydroxylation sites is 1. The van der Waals surface area contributed by atoms with Gasteiger partial charge in [0.1, 0.15) is 17.9 Å². The number of nitrogens with one attached hydrogen (secondary N) is 1. The molecule has 0 radical (unpaired) electrons. The average molecular weight is 413 g/mol. The van der Waals surface area contributed by atoms with E-state index in [1.807, 2.05) is 38.1 Å². The van der Waals surface area contributed by atoms with Gasteiger partial charge in [-0.05, 0) is 43.7 Å². The van der Waals surface area contributed by atoms with E-state index in [2.05, 4.69) is 20.7 Å². The quantitative estimate of drug-likeness (QED) is 0.542. The maximum absolute atomic E-state index is 13.3. The maximum atomic E-state index is 13.3. The Bertz CT molecular complexity index is 1220. The van der Waals surface area contributed by atoms with Gasteiger partial charge < -0.3 is 5.32 Å². The van der Waals surface area contributed by atoms with Gasteiger partial charge in [0.05, 0.1) is 29.1 Å². The molecule has 0 saturated heterocycles. The molecule has 29 heavy (non-hydrogen) atoms. The summed E-state index contributed by atoms with van der Waals surface area (Å²) in [6.45, 7) is 4.08. The van der Waals surface area contributed by atoms with Gasteiger partial charge in [-0.3, -0.25) is 9.48 Å². The number of anilines is 1. The molecule has 1 amide bonds. The predicted molar refractivity (Wildman–Crippen MR) is 108 cm³/mol. The van der Waals surface area contributed by atoms with Gasteiger partial charge in [0.15, 0.2) is 0 Å². The van der Waals surface area contributed by atoms with Gasteiger partial charge in [-0.1, -0.05) is 35.0 Å². The molecule has 0 aliphatic rings. The van der Waals surface area contributed by atoms with E-state index in [4.69, 9.17) is 11.6 Å². The van der Waals surface area contributed by atoms with Gasteiger partial charge in [0.2, 0.25) is 5.91 Å². The van der Waals surface area contributed by atoms with Crippen molar-refractivity contribution in [3.05, 3.63) is 70.3 Å². The van der Waals surface area contributed by atoms with Crippen molar-refractivity contribution in [2.24, 2.45) is 0 Å². The molecule has 2 aromatic carbocycles. The molecule has 0 unspecified atom stereocenters. The smallest absolute Gasteiger partial charge is 0.246 e. The zero-order chi connectivity index (χ0) is 20.5. The molecule has 0 aliphatic heterocycles. The van der Waals surface area contributed by atoms with Crippen LogP contribution >= 0.6 is 11.6 Å². The molecular weight excluding hydrogens is 395 g/mol. The summed E-state index contributed by atoms with van der Waals surface area (Å²) in [4.78, 5) is 12.6. The number of halogens is 2. The summed E-state index contributed by atoms with van der Waals surface area (Å²) >= 11 is 6.12. The summed E-state index contributed by atoms with van der Waals surface area (Å²) in [6, 6.07) is 11.7. The molecule has 2 aromatic heterocycles. The maximum Gasteiger partial charge on any atom is 0.246 e. The Hall–Kier alpha value is -3.26. The Morgan fingerprint density at radius 3 is 2.76 bits per heavy atom. The summed E-state index contributed by atoms with van der Waals surface area (Å²) in [7, 11) is 0. The fraction of sp³-hybridized carbons (Fsp3) is 0.200. The number of benzene rings is 2. The first-order valence-electron chi connectivity index (χ1n) is 8.98. The van der Waals surface area contributed by atoms with Crippen LogP contribution in [0.2, 0.25) is 5.02 Å². The second kappa shape index (κ2) is 7.63. The van der Waals surface area contributed by atoms with Crippen LogP contribution < -0.4 is 5.32 Å². The highest BCUT2D eigenvalue weighted by atomic mass is 35.5. The molecular formula is C20H18ClFN6O. The van der Waals surface area contributed by atoms with Crippen molar-refractivity contribution in [2.45, 2.75) is 26.9 Å². The topological polar surface area (TPSA) is 77.6 Å². The molecule has 9 heteroatoms. The Kier molecular flexibility index (Phi) is 5.02. The molecule has 7 nitrogen and oxygen atoms in total. The van der Waals surface area contributed by atoms with Crippen molar-refractivity contribution in [3.63, 3.8) is 0 Å². The highest BCUT2D eigenvalue weighted by Crippen LogP contribution is 2.23. The second-order valence-electron chi connectivity index (χ2n) is 6.72. The number of rotatable bonds is 5. The lowest BCUT2D eigenvalue weighted by Gasteiger charge is -2.09. The van der Waals surface area contributed by atoms with E-state index >= 15 is 0 Å². The Morgan fingerprint density at radius 1 is 1.17 bits per heavy atom. The van der Waals surface area contributed by atoms with Crippen LogP contribution in [0.25, 0.3) is 11.0 Å². The number of amides is 1. The summed E-state index contributed by atoms with van der Waals surface area (Å²) in [5.74, 6) is -0.619. The standard InChI is InChI=1S/C20H18ClFN6O/c1-12-20(13(2)27(25-12)10-14-7-8-15(22)9-16(14)21)23-19(29)11-28-18-6-4-3-5-17(18)24-26-28/h3-9H,10-11H2,1-2H3,(H,23,29). The van der Waals surface area contributed by atoms with Crippen LogP contribution in [0.3, 0.4) is 0 Å². The first-order valence-corrected chi connectivity index (χ1v) is 9.36. The number of aromatic nitrogens is 5. The summed E-state index contributed by atoms with van der Waals surface area (Å²) in [6.07, 6.45) is 0. The van der Waals surface area contributed by atoms with Crippen molar-refractivity contribution < 1.29 is 9.18 Å². The van der Waals surface area contributed by atoms with Crippen molar-refractivity contribution >= 4 is 34.2 Å². The fourth-order valence-electron chi connectivity index (χ4n) is 3.19. The summed E-state index contributed by atoms with van der Waals surface area (Å²) in [5.41, 5.74) is 4.36. The molecule has 2 heterocycles. The van der Waals surface area contributed by atoms with E-state index in [1.54, 1.807) is 15.4 Å². The van der Waals surface area contributed by atoms with E-state index < -0.39 is 0 Å². The van der Waals surface area contributed by atoms with Crippen LogP contribution in [-0.2, 0) is 17.9 Å². The van der Waals surface area contributed by atoms with E-state index in [0.717, 1.165) is 22.3 Å². The largest absolute Gasteiger partial charge is 0.321 e. The number of hydrogen-bond donors (Lipinski definition) is 1. The first-order chi connectivity index (χ1) is 13.9.